The predicted molar refractivity (Wildman–Crippen MR) is 179 cm³/mol. The lowest BCUT2D eigenvalue weighted by molar-refractivity contribution is -0.123. The summed E-state index contributed by atoms with van der Waals surface area (Å²) in [4.78, 5) is 30.5. The number of aryl methyl sites for hydroxylation is 1. The van der Waals surface area contributed by atoms with Crippen molar-refractivity contribution < 1.29 is 44.3 Å². The lowest BCUT2D eigenvalue weighted by atomic mass is 9.93. The number of aromatic nitrogens is 5. The minimum absolute atomic E-state index is 0.0140. The van der Waals surface area contributed by atoms with Crippen LogP contribution in [0.5, 0.6) is 0 Å². The van der Waals surface area contributed by atoms with Crippen LogP contribution in [-0.4, -0.2) is 51.0 Å². The summed E-state index contributed by atoms with van der Waals surface area (Å²) in [6.45, 7) is -0.930. The van der Waals surface area contributed by atoms with E-state index < -0.39 is 81.6 Å². The van der Waals surface area contributed by atoms with Crippen LogP contribution in [0.4, 0.5) is 32.2 Å². The molecule has 0 unspecified atom stereocenters. The number of hydrogen-bond donors (Lipinski definition) is 3. The molecule has 7 rings (SSSR count). The van der Waals surface area contributed by atoms with Gasteiger partial charge in [0.25, 0.3) is 12.3 Å². The zero-order chi connectivity index (χ0) is 38.3. The van der Waals surface area contributed by atoms with E-state index >= 15 is 8.78 Å². The van der Waals surface area contributed by atoms with Gasteiger partial charge in [0.1, 0.15) is 29.6 Å². The van der Waals surface area contributed by atoms with E-state index in [-0.39, 0.29) is 68.1 Å². The highest BCUT2D eigenvalue weighted by atomic mass is 35.5. The molecule has 12 nitrogen and oxygen atoms in total. The monoisotopic (exact) mass is 780 g/mol. The zero-order valence-electron chi connectivity index (χ0n) is 27.5. The average Bonchev–Trinajstić information content (AvgIpc) is 3.59. The van der Waals surface area contributed by atoms with Crippen LogP contribution in [-0.2, 0) is 40.8 Å². The zero-order valence-corrected chi connectivity index (χ0v) is 29.0. The van der Waals surface area contributed by atoms with Crippen LogP contribution in [0.15, 0.2) is 42.6 Å². The van der Waals surface area contributed by atoms with E-state index in [4.69, 9.17) is 17.3 Å². The molecule has 278 valence electrons. The quantitative estimate of drug-likeness (QED) is 0.149. The second kappa shape index (κ2) is 12.8. The van der Waals surface area contributed by atoms with Crippen LogP contribution >= 0.6 is 11.6 Å². The Morgan fingerprint density at radius 1 is 1.08 bits per heavy atom. The van der Waals surface area contributed by atoms with E-state index in [0.29, 0.717) is 10.7 Å². The van der Waals surface area contributed by atoms with Crippen molar-refractivity contribution in [2.45, 2.75) is 43.7 Å². The maximum Gasteiger partial charge on any atom is 0.293 e. The molecule has 3 atom stereocenters. The summed E-state index contributed by atoms with van der Waals surface area (Å²) in [5, 5.41) is 10.8. The Bertz CT molecular complexity index is 2450. The number of primary amides is 1. The standard InChI is InChI=1S/C33H27ClF6N8O4S/c1-47-28-17(3-4-21(34)25(28)32(45-47)46-53(2,51)52)18-8-14(31(41)50)11-42-26(18)22(7-13-5-15(35)9-16(36)6-13)43-23(49)12-48-29-24(27(44-48)30(37)38)19-10-20(19)33(29,39)40/h3-6,8-9,11,19-20,22,30H,7,10,12H2,1-2H3,(H2,41,50)(H,43,49)(H,45,46)/t19-,20+,22-/m0/s1. The highest BCUT2D eigenvalue weighted by Gasteiger charge is 2.67. The van der Waals surface area contributed by atoms with Gasteiger partial charge in [0.15, 0.2) is 5.82 Å². The fourth-order valence-corrected chi connectivity index (χ4v) is 7.82. The van der Waals surface area contributed by atoms with Gasteiger partial charge < -0.3 is 11.1 Å². The van der Waals surface area contributed by atoms with Crippen LogP contribution in [0.1, 0.15) is 63.4 Å². The largest absolute Gasteiger partial charge is 0.366 e. The molecular weight excluding hydrogens is 754 g/mol. The molecular formula is C33H27ClF6N8O4S. The fourth-order valence-electron chi connectivity index (χ4n) is 7.08. The number of benzene rings is 2. The van der Waals surface area contributed by atoms with Gasteiger partial charge in [-0.3, -0.25) is 28.7 Å². The smallest absolute Gasteiger partial charge is 0.293 e. The summed E-state index contributed by atoms with van der Waals surface area (Å²) in [6, 6.07) is 5.50. The first-order valence-corrected chi connectivity index (χ1v) is 18.1. The molecule has 0 radical (unpaired) electrons. The number of nitrogens with two attached hydrogens (primary N) is 1. The number of carbonyl (C=O) groups is 2. The van der Waals surface area contributed by atoms with Crippen molar-refractivity contribution >= 4 is 50.2 Å². The van der Waals surface area contributed by atoms with Crippen molar-refractivity contribution in [1.82, 2.24) is 29.9 Å². The molecule has 5 aromatic rings. The molecule has 2 amide bonds. The molecule has 0 bridgehead atoms. The maximum absolute atomic E-state index is 15.3. The first kappa shape index (κ1) is 36.2. The molecule has 4 N–H and O–H groups in total. The first-order valence-electron chi connectivity index (χ1n) is 15.8. The van der Waals surface area contributed by atoms with Gasteiger partial charge in [0.2, 0.25) is 21.8 Å². The number of halogens is 7. The van der Waals surface area contributed by atoms with Crippen molar-refractivity contribution in [3.05, 3.63) is 93.0 Å². The molecule has 1 saturated carbocycles. The summed E-state index contributed by atoms with van der Waals surface area (Å²) in [5.74, 6) is -9.43. The van der Waals surface area contributed by atoms with Crippen LogP contribution in [0.25, 0.3) is 22.0 Å². The van der Waals surface area contributed by atoms with E-state index in [9.17, 15) is 35.6 Å². The average molecular weight is 781 g/mol. The van der Waals surface area contributed by atoms with Gasteiger partial charge in [-0.15, -0.1) is 0 Å². The number of nitrogens with zero attached hydrogens (tertiary/aromatic N) is 5. The Morgan fingerprint density at radius 2 is 1.77 bits per heavy atom. The molecule has 0 spiro atoms. The third-order valence-corrected chi connectivity index (χ3v) is 10.1. The second-order valence-corrected chi connectivity index (χ2v) is 15.1. The molecule has 3 heterocycles. The number of pyridine rings is 1. The lowest BCUT2D eigenvalue weighted by Crippen LogP contribution is -2.35. The molecule has 53 heavy (non-hydrogen) atoms. The number of hydrogen-bond acceptors (Lipinski definition) is 7. The molecule has 2 aliphatic rings. The van der Waals surface area contributed by atoms with Gasteiger partial charge in [-0.05, 0) is 48.6 Å². The molecule has 0 aliphatic heterocycles. The highest BCUT2D eigenvalue weighted by molar-refractivity contribution is 7.92. The summed E-state index contributed by atoms with van der Waals surface area (Å²) in [6.07, 6.45) is -1.53. The van der Waals surface area contributed by atoms with E-state index in [1.54, 1.807) is 0 Å². The third kappa shape index (κ3) is 6.55. The Hall–Kier alpha value is -5.17. The van der Waals surface area contributed by atoms with Crippen LogP contribution in [0, 0.1) is 17.6 Å². The van der Waals surface area contributed by atoms with Crippen LogP contribution in [0.2, 0.25) is 5.02 Å². The van der Waals surface area contributed by atoms with E-state index in [2.05, 4.69) is 25.2 Å². The van der Waals surface area contributed by atoms with Crippen molar-refractivity contribution in [3.8, 4) is 11.1 Å². The van der Waals surface area contributed by atoms with Crippen LogP contribution < -0.4 is 15.8 Å². The Kier molecular flexibility index (Phi) is 8.71. The summed E-state index contributed by atoms with van der Waals surface area (Å²) < 4.78 is 116. The minimum Gasteiger partial charge on any atom is -0.366 e. The number of anilines is 1. The Balaban J connectivity index is 1.36. The predicted octanol–water partition coefficient (Wildman–Crippen LogP) is 5.48. The minimum atomic E-state index is -3.85. The Morgan fingerprint density at radius 3 is 2.42 bits per heavy atom. The number of nitrogens with one attached hydrogen (secondary N) is 2. The topological polar surface area (TPSA) is 167 Å². The normalized spacial score (nSPS) is 17.8. The molecule has 2 aromatic carbocycles. The van der Waals surface area contributed by atoms with Gasteiger partial charge in [0, 0.05) is 41.9 Å². The fraction of sp³-hybridized carbons (Fsp3) is 0.303. The van der Waals surface area contributed by atoms with Crippen molar-refractivity contribution in [1.29, 1.82) is 0 Å². The number of sulfonamides is 1. The van der Waals surface area contributed by atoms with Crippen molar-refractivity contribution in [2.75, 3.05) is 11.0 Å². The van der Waals surface area contributed by atoms with E-state index in [1.807, 2.05) is 0 Å². The lowest BCUT2D eigenvalue weighted by Gasteiger charge is -2.23. The van der Waals surface area contributed by atoms with E-state index in [1.165, 1.54) is 29.9 Å². The van der Waals surface area contributed by atoms with Crippen molar-refractivity contribution in [2.24, 2.45) is 18.7 Å². The Labute approximate surface area is 301 Å². The molecule has 3 aromatic heterocycles. The number of rotatable bonds is 11. The number of carbonyl (C=O) groups excluding carboxylic acids is 2. The highest BCUT2D eigenvalue weighted by Crippen LogP contribution is 2.68. The maximum atomic E-state index is 15.3. The number of alkyl halides is 4. The van der Waals surface area contributed by atoms with Gasteiger partial charge in [-0.1, -0.05) is 17.7 Å². The SMILES string of the molecule is Cn1nc(NS(C)(=O)=O)c2c(Cl)ccc(-c3cc(C(N)=O)cnc3[C@H](Cc3cc(F)cc(F)c3)NC(=O)Cn3nc(C(F)F)c4c3C(F)(F)[C@@H]3C[C@H]43)c21. The van der Waals surface area contributed by atoms with Gasteiger partial charge >= 0.3 is 0 Å². The summed E-state index contributed by atoms with van der Waals surface area (Å²) >= 11 is 6.51. The summed E-state index contributed by atoms with van der Waals surface area (Å²) in [5.41, 5.74) is 4.16. The second-order valence-electron chi connectivity index (χ2n) is 13.0. The van der Waals surface area contributed by atoms with Crippen molar-refractivity contribution in [3.63, 3.8) is 0 Å². The number of amides is 2. The molecule has 0 saturated heterocycles. The molecule has 2 aliphatic carbocycles. The van der Waals surface area contributed by atoms with Crippen LogP contribution in [0.3, 0.4) is 0 Å². The summed E-state index contributed by atoms with van der Waals surface area (Å²) in [7, 11) is -2.37. The van der Waals surface area contributed by atoms with Gasteiger partial charge in [-0.2, -0.15) is 19.0 Å². The van der Waals surface area contributed by atoms with Gasteiger partial charge in [0.05, 0.1) is 39.5 Å². The number of fused-ring (bicyclic) bond motifs is 4. The van der Waals surface area contributed by atoms with E-state index in [0.717, 1.165) is 24.6 Å². The molecule has 20 heteroatoms. The van der Waals surface area contributed by atoms with Gasteiger partial charge in [-0.25, -0.2) is 26.0 Å². The molecule has 1 fully saturated rings. The third-order valence-electron chi connectivity index (χ3n) is 9.20. The first-order chi connectivity index (χ1) is 24.8.